The first-order chi connectivity index (χ1) is 3.55. The summed E-state index contributed by atoms with van der Waals surface area (Å²) >= 11 is 4.32. The lowest BCUT2D eigenvalue weighted by molar-refractivity contribution is 0.176. The predicted molar refractivity (Wildman–Crippen MR) is 32.6 cm³/mol. The molecule has 0 fully saturated rings. The highest BCUT2D eigenvalue weighted by Gasteiger charge is 2.05. The van der Waals surface area contributed by atoms with E-state index in [0.717, 1.165) is 4.90 Å². The van der Waals surface area contributed by atoms with Gasteiger partial charge in [-0.25, -0.2) is 4.79 Å². The van der Waals surface area contributed by atoms with Crippen molar-refractivity contribution in [3.05, 3.63) is 0 Å². The maximum atomic E-state index is 9.90. The largest absolute Gasteiger partial charge is 0.465 e. The summed E-state index contributed by atoms with van der Waals surface area (Å²) < 4.78 is 0. The third-order valence-corrected chi connectivity index (χ3v) is 0.891. The van der Waals surface area contributed by atoms with Crippen molar-refractivity contribution >= 4 is 23.4 Å². The first kappa shape index (κ1) is 7.16. The van der Waals surface area contributed by atoms with E-state index in [4.69, 9.17) is 10.8 Å². The van der Waals surface area contributed by atoms with Gasteiger partial charge in [0.2, 0.25) is 0 Å². The van der Waals surface area contributed by atoms with Gasteiger partial charge in [0.05, 0.1) is 0 Å². The first-order valence-electron chi connectivity index (χ1n) is 1.81. The van der Waals surface area contributed by atoms with Crippen LogP contribution in [0.2, 0.25) is 0 Å². The van der Waals surface area contributed by atoms with Gasteiger partial charge in [0.25, 0.3) is 0 Å². The van der Waals surface area contributed by atoms with Crippen molar-refractivity contribution in [3.63, 3.8) is 0 Å². The van der Waals surface area contributed by atoms with Crippen LogP contribution < -0.4 is 5.73 Å². The Morgan fingerprint density at radius 1 is 1.88 bits per heavy atom. The second-order valence-electron chi connectivity index (χ2n) is 1.18. The fraction of sp³-hybridized carbons (Fsp3) is 0.333. The van der Waals surface area contributed by atoms with Crippen LogP contribution in [0.1, 0.15) is 0 Å². The number of rotatable bonds is 0. The lowest BCUT2D eigenvalue weighted by Crippen LogP contribution is -2.35. The topological polar surface area (TPSA) is 66.6 Å². The highest BCUT2D eigenvalue weighted by Crippen LogP contribution is 1.80. The van der Waals surface area contributed by atoms with Crippen LogP contribution in [-0.2, 0) is 0 Å². The van der Waals surface area contributed by atoms with E-state index in [2.05, 4.69) is 12.2 Å². The molecule has 0 aromatic rings. The number of nitrogens with two attached hydrogens (primary N) is 1. The summed E-state index contributed by atoms with van der Waals surface area (Å²) in [4.78, 5) is 10.7. The summed E-state index contributed by atoms with van der Waals surface area (Å²) in [5.41, 5.74) is 4.91. The third kappa shape index (κ3) is 1.74. The van der Waals surface area contributed by atoms with E-state index < -0.39 is 6.09 Å². The van der Waals surface area contributed by atoms with Gasteiger partial charge in [-0.2, -0.15) is 0 Å². The molecular formula is C3H6N2O2S. The van der Waals surface area contributed by atoms with E-state index >= 15 is 0 Å². The zero-order valence-corrected chi connectivity index (χ0v) is 5.10. The Hall–Kier alpha value is -0.840. The summed E-state index contributed by atoms with van der Waals surface area (Å²) in [6, 6.07) is 0. The third-order valence-electron chi connectivity index (χ3n) is 0.618. The normalized spacial score (nSPS) is 8.12. The summed E-state index contributed by atoms with van der Waals surface area (Å²) in [6.45, 7) is 0. The Balaban J connectivity index is 3.83. The molecule has 8 heavy (non-hydrogen) atoms. The number of amides is 1. The molecule has 3 N–H and O–H groups in total. The standard InChI is InChI=1S/C3H6N2O2S/c1-5(2(4)8)3(6)7/h1H3,(H2,4,8)(H,6,7). The Bertz CT molecular complexity index is 110. The molecule has 0 aromatic carbocycles. The number of thiocarbonyl (C=S) groups is 1. The van der Waals surface area contributed by atoms with E-state index in [-0.39, 0.29) is 5.11 Å². The SMILES string of the molecule is CN(C(=O)O)C(N)=S. The summed E-state index contributed by atoms with van der Waals surface area (Å²) in [7, 11) is 1.28. The summed E-state index contributed by atoms with van der Waals surface area (Å²) in [5.74, 6) is 0. The van der Waals surface area contributed by atoms with Gasteiger partial charge in [0, 0.05) is 7.05 Å². The molecule has 0 rings (SSSR count). The quantitative estimate of drug-likeness (QED) is 0.452. The summed E-state index contributed by atoms with van der Waals surface area (Å²) in [5, 5.41) is 7.97. The highest BCUT2D eigenvalue weighted by atomic mass is 32.1. The Morgan fingerprint density at radius 3 is 2.25 bits per heavy atom. The van der Waals surface area contributed by atoms with Crippen molar-refractivity contribution in [2.75, 3.05) is 7.05 Å². The molecule has 0 aliphatic heterocycles. The van der Waals surface area contributed by atoms with Crippen molar-refractivity contribution in [2.45, 2.75) is 0 Å². The van der Waals surface area contributed by atoms with Crippen molar-refractivity contribution in [1.82, 2.24) is 4.90 Å². The van der Waals surface area contributed by atoms with Crippen LogP contribution in [0.5, 0.6) is 0 Å². The van der Waals surface area contributed by atoms with E-state index in [1.54, 1.807) is 0 Å². The zero-order chi connectivity index (χ0) is 6.73. The van der Waals surface area contributed by atoms with Gasteiger partial charge < -0.3 is 10.8 Å². The molecule has 0 unspecified atom stereocenters. The maximum absolute atomic E-state index is 9.90. The smallest absolute Gasteiger partial charge is 0.413 e. The van der Waals surface area contributed by atoms with Gasteiger partial charge in [0.15, 0.2) is 5.11 Å². The Labute approximate surface area is 51.9 Å². The molecule has 0 heterocycles. The fourth-order valence-electron chi connectivity index (χ4n) is 0.0943. The molecule has 0 aliphatic rings. The van der Waals surface area contributed by atoms with Crippen molar-refractivity contribution < 1.29 is 9.90 Å². The lowest BCUT2D eigenvalue weighted by atomic mass is 10.8. The van der Waals surface area contributed by atoms with Gasteiger partial charge >= 0.3 is 6.09 Å². The van der Waals surface area contributed by atoms with Gasteiger partial charge in [-0.05, 0) is 12.2 Å². The molecule has 46 valence electrons. The molecule has 0 saturated heterocycles. The number of nitrogens with zero attached hydrogens (tertiary/aromatic N) is 1. The molecule has 0 aromatic heterocycles. The van der Waals surface area contributed by atoms with Crippen LogP contribution in [0.15, 0.2) is 0 Å². The molecule has 0 saturated carbocycles. The average Bonchev–Trinajstić information content (AvgIpc) is 1.64. The fourth-order valence-corrected chi connectivity index (χ4v) is 0.172. The van der Waals surface area contributed by atoms with E-state index in [0.29, 0.717) is 0 Å². The van der Waals surface area contributed by atoms with Gasteiger partial charge in [-0.3, -0.25) is 4.90 Å². The van der Waals surface area contributed by atoms with Crippen LogP contribution in [-0.4, -0.2) is 28.3 Å². The van der Waals surface area contributed by atoms with Crippen LogP contribution >= 0.6 is 12.2 Å². The van der Waals surface area contributed by atoms with Crippen molar-refractivity contribution in [1.29, 1.82) is 0 Å². The van der Waals surface area contributed by atoms with Crippen LogP contribution in [0.4, 0.5) is 4.79 Å². The van der Waals surface area contributed by atoms with Gasteiger partial charge in [-0.15, -0.1) is 0 Å². The molecule has 0 bridgehead atoms. The highest BCUT2D eigenvalue weighted by molar-refractivity contribution is 7.80. The molecule has 4 nitrogen and oxygen atoms in total. The van der Waals surface area contributed by atoms with Gasteiger partial charge in [0.1, 0.15) is 0 Å². The molecule has 0 radical (unpaired) electrons. The zero-order valence-electron chi connectivity index (χ0n) is 4.29. The minimum Gasteiger partial charge on any atom is -0.465 e. The molecule has 5 heteroatoms. The number of hydrogen-bond acceptors (Lipinski definition) is 2. The minimum atomic E-state index is -1.14. The van der Waals surface area contributed by atoms with Crippen LogP contribution in [0, 0.1) is 0 Å². The molecular weight excluding hydrogens is 128 g/mol. The lowest BCUT2D eigenvalue weighted by Gasteiger charge is -2.07. The molecule has 0 aliphatic carbocycles. The predicted octanol–water partition coefficient (Wildman–Crippen LogP) is -0.160. The average molecular weight is 134 g/mol. The molecule has 1 amide bonds. The second-order valence-corrected chi connectivity index (χ2v) is 1.60. The Kier molecular flexibility index (Phi) is 2.20. The van der Waals surface area contributed by atoms with E-state index in [1.165, 1.54) is 7.05 Å². The van der Waals surface area contributed by atoms with E-state index in [9.17, 15) is 4.79 Å². The summed E-state index contributed by atoms with van der Waals surface area (Å²) in [6.07, 6.45) is -1.14. The molecule has 0 spiro atoms. The van der Waals surface area contributed by atoms with Crippen molar-refractivity contribution in [2.24, 2.45) is 5.73 Å². The number of hydrogen-bond donors (Lipinski definition) is 2. The number of carboxylic acid groups (broad SMARTS) is 1. The van der Waals surface area contributed by atoms with Crippen LogP contribution in [0.25, 0.3) is 0 Å². The maximum Gasteiger partial charge on any atom is 0.413 e. The van der Waals surface area contributed by atoms with E-state index in [1.807, 2.05) is 0 Å². The van der Waals surface area contributed by atoms with Crippen LogP contribution in [0.3, 0.4) is 0 Å². The number of carbonyl (C=O) groups is 1. The monoisotopic (exact) mass is 134 g/mol. The minimum absolute atomic E-state index is 0.141. The Morgan fingerprint density at radius 2 is 2.25 bits per heavy atom. The van der Waals surface area contributed by atoms with Gasteiger partial charge in [-0.1, -0.05) is 0 Å². The first-order valence-corrected chi connectivity index (χ1v) is 2.22. The second kappa shape index (κ2) is 2.46. The van der Waals surface area contributed by atoms with Crippen molar-refractivity contribution in [3.8, 4) is 0 Å². The molecule has 0 atom stereocenters.